The first-order chi connectivity index (χ1) is 12.1. The smallest absolute Gasteiger partial charge is 0.339 e. The van der Waals surface area contributed by atoms with Gasteiger partial charge in [-0.3, -0.25) is 0 Å². The summed E-state index contributed by atoms with van der Waals surface area (Å²) >= 11 is 0. The topological polar surface area (TPSA) is 68.7 Å². The highest BCUT2D eigenvalue weighted by atomic mass is 16.5. The van der Waals surface area contributed by atoms with Gasteiger partial charge >= 0.3 is 5.97 Å². The van der Waals surface area contributed by atoms with E-state index in [9.17, 15) is 9.90 Å². The van der Waals surface area contributed by atoms with E-state index in [-0.39, 0.29) is 18.1 Å². The van der Waals surface area contributed by atoms with E-state index in [1.807, 2.05) is 42.5 Å². The maximum atomic E-state index is 11.8. The Hall–Kier alpha value is -2.92. The summed E-state index contributed by atoms with van der Waals surface area (Å²) in [5.41, 5.74) is 1.90. The third-order valence-electron chi connectivity index (χ3n) is 3.93. The van der Waals surface area contributed by atoms with Crippen LogP contribution in [0.5, 0.6) is 5.88 Å². The van der Waals surface area contributed by atoms with Gasteiger partial charge in [0.2, 0.25) is 5.88 Å². The van der Waals surface area contributed by atoms with Crippen LogP contribution in [0.2, 0.25) is 0 Å². The maximum absolute atomic E-state index is 11.8. The highest BCUT2D eigenvalue weighted by Gasteiger charge is 2.23. The second-order valence-corrected chi connectivity index (χ2v) is 5.51. The number of esters is 1. The quantitative estimate of drug-likeness (QED) is 0.722. The molecule has 1 atom stereocenters. The second kappa shape index (κ2) is 7.32. The fraction of sp³-hybridized carbons (Fsp3) is 0.200. The summed E-state index contributed by atoms with van der Waals surface area (Å²) in [6.45, 7) is 1.88. The van der Waals surface area contributed by atoms with Crippen LogP contribution in [0.4, 0.5) is 0 Å². The van der Waals surface area contributed by atoms with E-state index in [0.29, 0.717) is 5.69 Å². The minimum atomic E-state index is -1.42. The van der Waals surface area contributed by atoms with Crippen LogP contribution in [0.25, 0.3) is 22.0 Å². The standard InChI is InChI=1S/C20H19NO4/c1-3-25-20(23)18(22)16-10-11-17(21-19(16)24-2)15-9-8-13-6-4-5-7-14(13)12-15/h4-12,18,22H,3H2,1-2H3. The minimum Gasteiger partial charge on any atom is -0.481 e. The van der Waals surface area contributed by atoms with Gasteiger partial charge in [0.25, 0.3) is 0 Å². The summed E-state index contributed by atoms with van der Waals surface area (Å²) in [6, 6.07) is 17.5. The molecule has 1 unspecified atom stereocenters. The van der Waals surface area contributed by atoms with Crippen molar-refractivity contribution in [2.24, 2.45) is 0 Å². The van der Waals surface area contributed by atoms with E-state index >= 15 is 0 Å². The zero-order chi connectivity index (χ0) is 17.8. The molecule has 0 bridgehead atoms. The third-order valence-corrected chi connectivity index (χ3v) is 3.93. The molecule has 25 heavy (non-hydrogen) atoms. The van der Waals surface area contributed by atoms with Crippen LogP contribution >= 0.6 is 0 Å². The van der Waals surface area contributed by atoms with Gasteiger partial charge in [-0.15, -0.1) is 0 Å². The van der Waals surface area contributed by atoms with Gasteiger partial charge in [-0.05, 0) is 35.9 Å². The first-order valence-electron chi connectivity index (χ1n) is 8.03. The van der Waals surface area contributed by atoms with Crippen LogP contribution in [0.15, 0.2) is 54.6 Å². The number of benzene rings is 2. The third kappa shape index (κ3) is 3.46. The molecule has 0 saturated carbocycles. The van der Waals surface area contributed by atoms with Crippen molar-refractivity contribution in [3.63, 3.8) is 0 Å². The largest absolute Gasteiger partial charge is 0.481 e. The summed E-state index contributed by atoms with van der Waals surface area (Å²) in [7, 11) is 1.45. The lowest BCUT2D eigenvalue weighted by Crippen LogP contribution is -2.16. The van der Waals surface area contributed by atoms with Crippen molar-refractivity contribution in [1.82, 2.24) is 4.98 Å². The SMILES string of the molecule is CCOC(=O)C(O)c1ccc(-c2ccc3ccccc3c2)nc1OC. The van der Waals surface area contributed by atoms with Crippen molar-refractivity contribution in [2.75, 3.05) is 13.7 Å². The van der Waals surface area contributed by atoms with E-state index in [1.165, 1.54) is 7.11 Å². The fourth-order valence-corrected chi connectivity index (χ4v) is 2.68. The number of rotatable bonds is 5. The zero-order valence-electron chi connectivity index (χ0n) is 14.1. The number of aromatic nitrogens is 1. The van der Waals surface area contributed by atoms with E-state index in [4.69, 9.17) is 9.47 Å². The van der Waals surface area contributed by atoms with Gasteiger partial charge in [0.1, 0.15) is 0 Å². The number of hydrogen-bond acceptors (Lipinski definition) is 5. The van der Waals surface area contributed by atoms with Gasteiger partial charge in [0.05, 0.1) is 25.0 Å². The van der Waals surface area contributed by atoms with Crippen LogP contribution in [0, 0.1) is 0 Å². The average Bonchev–Trinajstić information content (AvgIpc) is 2.66. The van der Waals surface area contributed by atoms with Crippen molar-refractivity contribution in [1.29, 1.82) is 0 Å². The summed E-state index contributed by atoms with van der Waals surface area (Å²) < 4.78 is 10.1. The van der Waals surface area contributed by atoms with Crippen molar-refractivity contribution >= 4 is 16.7 Å². The molecule has 0 fully saturated rings. The molecular weight excluding hydrogens is 318 g/mol. The van der Waals surface area contributed by atoms with E-state index < -0.39 is 12.1 Å². The van der Waals surface area contributed by atoms with Gasteiger partial charge in [-0.25, -0.2) is 9.78 Å². The molecule has 0 aliphatic rings. The van der Waals surface area contributed by atoms with E-state index in [2.05, 4.69) is 4.98 Å². The molecule has 3 aromatic rings. The Bertz CT molecular complexity index is 907. The molecule has 5 nitrogen and oxygen atoms in total. The Morgan fingerprint density at radius 2 is 1.88 bits per heavy atom. The van der Waals surface area contributed by atoms with Gasteiger partial charge in [0.15, 0.2) is 6.10 Å². The number of ether oxygens (including phenoxy) is 2. The number of fused-ring (bicyclic) bond motifs is 1. The molecule has 0 saturated heterocycles. The van der Waals surface area contributed by atoms with Crippen molar-refractivity contribution in [3.8, 4) is 17.1 Å². The van der Waals surface area contributed by atoms with Crippen LogP contribution in [-0.4, -0.2) is 29.8 Å². The molecule has 128 valence electrons. The number of aliphatic hydroxyl groups excluding tert-OH is 1. The summed E-state index contributed by atoms with van der Waals surface area (Å²) in [5.74, 6) is -0.521. The lowest BCUT2D eigenvalue weighted by molar-refractivity contribution is -0.153. The predicted octanol–water partition coefficient (Wildman–Crippen LogP) is 3.51. The number of nitrogens with zero attached hydrogens (tertiary/aromatic N) is 1. The summed E-state index contributed by atoms with van der Waals surface area (Å²) in [5, 5.41) is 12.4. The molecule has 0 aliphatic carbocycles. The highest BCUT2D eigenvalue weighted by Crippen LogP contribution is 2.29. The molecule has 1 aromatic heterocycles. The number of hydrogen-bond donors (Lipinski definition) is 1. The lowest BCUT2D eigenvalue weighted by atomic mass is 10.0. The minimum absolute atomic E-state index is 0.195. The molecule has 0 spiro atoms. The fourth-order valence-electron chi connectivity index (χ4n) is 2.68. The van der Waals surface area contributed by atoms with Gasteiger partial charge in [0, 0.05) is 5.56 Å². The molecule has 1 N–H and O–H groups in total. The highest BCUT2D eigenvalue weighted by molar-refractivity contribution is 5.87. The summed E-state index contributed by atoms with van der Waals surface area (Å²) in [6.07, 6.45) is -1.42. The Labute approximate surface area is 145 Å². The van der Waals surface area contributed by atoms with Crippen LogP contribution in [0.1, 0.15) is 18.6 Å². The molecule has 5 heteroatoms. The predicted molar refractivity (Wildman–Crippen MR) is 95.3 cm³/mol. The lowest BCUT2D eigenvalue weighted by Gasteiger charge is -2.14. The molecule has 3 rings (SSSR count). The molecule has 2 aromatic carbocycles. The number of carbonyl (C=O) groups is 1. The van der Waals surface area contributed by atoms with Crippen molar-refractivity contribution in [3.05, 3.63) is 60.2 Å². The number of pyridine rings is 1. The Kier molecular flexibility index (Phi) is 4.95. The molecule has 0 radical (unpaired) electrons. The van der Waals surface area contributed by atoms with Crippen molar-refractivity contribution in [2.45, 2.75) is 13.0 Å². The number of aliphatic hydroxyl groups is 1. The summed E-state index contributed by atoms with van der Waals surface area (Å²) in [4.78, 5) is 16.2. The van der Waals surface area contributed by atoms with Gasteiger partial charge in [-0.1, -0.05) is 36.4 Å². The van der Waals surface area contributed by atoms with Crippen molar-refractivity contribution < 1.29 is 19.4 Å². The van der Waals surface area contributed by atoms with E-state index in [0.717, 1.165) is 16.3 Å². The Balaban J connectivity index is 1.99. The average molecular weight is 337 g/mol. The zero-order valence-corrected chi connectivity index (χ0v) is 14.1. The van der Waals surface area contributed by atoms with Gasteiger partial charge < -0.3 is 14.6 Å². The van der Waals surface area contributed by atoms with Crippen LogP contribution < -0.4 is 4.74 Å². The number of carbonyl (C=O) groups excluding carboxylic acids is 1. The monoisotopic (exact) mass is 337 g/mol. The maximum Gasteiger partial charge on any atom is 0.339 e. The molecule has 0 aliphatic heterocycles. The number of methoxy groups -OCH3 is 1. The second-order valence-electron chi connectivity index (χ2n) is 5.51. The normalized spacial score (nSPS) is 12.0. The molecule has 0 amide bonds. The van der Waals surface area contributed by atoms with Crippen LogP contribution in [-0.2, 0) is 9.53 Å². The van der Waals surface area contributed by atoms with Crippen LogP contribution in [0.3, 0.4) is 0 Å². The first kappa shape index (κ1) is 16.9. The van der Waals surface area contributed by atoms with E-state index in [1.54, 1.807) is 19.1 Å². The first-order valence-corrected chi connectivity index (χ1v) is 8.03. The molecule has 1 heterocycles. The Morgan fingerprint density at radius 1 is 1.12 bits per heavy atom. The molecular formula is C20H19NO4. The van der Waals surface area contributed by atoms with Gasteiger partial charge in [-0.2, -0.15) is 0 Å². The Morgan fingerprint density at radius 3 is 2.60 bits per heavy atom.